The highest BCUT2D eigenvalue weighted by molar-refractivity contribution is 6.31. The lowest BCUT2D eigenvalue weighted by atomic mass is 9.89. The summed E-state index contributed by atoms with van der Waals surface area (Å²) in [5.41, 5.74) is 2.59. The Kier molecular flexibility index (Phi) is 4.25. The first-order valence-electron chi connectivity index (χ1n) is 7.28. The molecule has 0 radical (unpaired) electrons. The Labute approximate surface area is 129 Å². The maximum atomic E-state index is 6.16. The van der Waals surface area contributed by atoms with E-state index in [-0.39, 0.29) is 6.10 Å². The summed E-state index contributed by atoms with van der Waals surface area (Å²) in [5, 5.41) is 3.51. The van der Waals surface area contributed by atoms with Gasteiger partial charge in [0.15, 0.2) is 0 Å². The minimum absolute atomic E-state index is 0.0110. The number of ether oxygens (including phenoxy) is 1. The van der Waals surface area contributed by atoms with Crippen LogP contribution in [0, 0.1) is 0 Å². The average Bonchev–Trinajstić information content (AvgIpc) is 2.51. The largest absolute Gasteiger partial charge is 0.468 e. The molecule has 5 heteroatoms. The zero-order valence-electron chi connectivity index (χ0n) is 12.0. The average molecular weight is 304 g/mol. The van der Waals surface area contributed by atoms with Gasteiger partial charge in [-0.2, -0.15) is 4.98 Å². The minimum Gasteiger partial charge on any atom is -0.468 e. The van der Waals surface area contributed by atoms with E-state index in [0.717, 1.165) is 25.8 Å². The second-order valence-electron chi connectivity index (χ2n) is 5.07. The second-order valence-corrected chi connectivity index (χ2v) is 5.48. The molecule has 0 aliphatic heterocycles. The number of rotatable bonds is 4. The normalized spacial score (nSPS) is 17.1. The van der Waals surface area contributed by atoms with Crippen LogP contribution in [0.4, 0.5) is 5.95 Å². The van der Waals surface area contributed by atoms with E-state index in [1.807, 2.05) is 13.0 Å². The number of fused-ring (bicyclic) bond motifs is 1. The van der Waals surface area contributed by atoms with Gasteiger partial charge in [0.2, 0.25) is 11.8 Å². The highest BCUT2D eigenvalue weighted by Gasteiger charge is 2.22. The van der Waals surface area contributed by atoms with E-state index in [1.165, 1.54) is 11.1 Å². The third-order valence-electron chi connectivity index (χ3n) is 3.62. The summed E-state index contributed by atoms with van der Waals surface area (Å²) in [6.45, 7) is 2.75. The van der Waals surface area contributed by atoms with Crippen LogP contribution >= 0.6 is 11.6 Å². The van der Waals surface area contributed by atoms with Gasteiger partial charge >= 0.3 is 0 Å². The van der Waals surface area contributed by atoms with Gasteiger partial charge in [0.1, 0.15) is 11.1 Å². The van der Waals surface area contributed by atoms with Crippen LogP contribution in [0.5, 0.6) is 5.88 Å². The van der Waals surface area contributed by atoms with Crippen LogP contribution in [0.15, 0.2) is 30.5 Å². The van der Waals surface area contributed by atoms with Gasteiger partial charge in [-0.05, 0) is 37.3 Å². The molecule has 1 aliphatic rings. The molecule has 1 N–H and O–H groups in total. The SMILES string of the molecule is CCNc1ncc(Cl)c(OC2CCCc3ccccc32)n1. The predicted octanol–water partition coefficient (Wildman–Crippen LogP) is 4.02. The lowest BCUT2D eigenvalue weighted by molar-refractivity contribution is 0.176. The van der Waals surface area contributed by atoms with Gasteiger partial charge in [0.25, 0.3) is 0 Å². The molecule has 0 saturated heterocycles. The van der Waals surface area contributed by atoms with Crippen LogP contribution in [0.1, 0.15) is 37.0 Å². The monoisotopic (exact) mass is 303 g/mol. The van der Waals surface area contributed by atoms with Gasteiger partial charge < -0.3 is 10.1 Å². The van der Waals surface area contributed by atoms with Gasteiger partial charge in [-0.3, -0.25) is 0 Å². The van der Waals surface area contributed by atoms with Crippen molar-refractivity contribution in [1.29, 1.82) is 0 Å². The molecule has 1 unspecified atom stereocenters. The summed E-state index contributed by atoms with van der Waals surface area (Å²) < 4.78 is 6.08. The van der Waals surface area contributed by atoms with E-state index in [4.69, 9.17) is 16.3 Å². The molecule has 1 heterocycles. The first-order chi connectivity index (χ1) is 10.3. The Bertz CT molecular complexity index is 633. The summed E-state index contributed by atoms with van der Waals surface area (Å²) in [5.74, 6) is 0.991. The quantitative estimate of drug-likeness (QED) is 0.927. The van der Waals surface area contributed by atoms with Crippen molar-refractivity contribution in [2.75, 3.05) is 11.9 Å². The number of nitrogens with one attached hydrogen (secondary N) is 1. The van der Waals surface area contributed by atoms with Crippen LogP contribution in [0.2, 0.25) is 5.02 Å². The third-order valence-corrected chi connectivity index (χ3v) is 3.87. The molecule has 3 rings (SSSR count). The topological polar surface area (TPSA) is 47.0 Å². The number of halogens is 1. The third kappa shape index (κ3) is 3.10. The molecule has 1 aromatic carbocycles. The van der Waals surface area contributed by atoms with Crippen molar-refractivity contribution in [3.63, 3.8) is 0 Å². The van der Waals surface area contributed by atoms with E-state index in [0.29, 0.717) is 16.9 Å². The van der Waals surface area contributed by atoms with Gasteiger partial charge in [-0.15, -0.1) is 0 Å². The molecule has 2 aromatic rings. The zero-order chi connectivity index (χ0) is 14.7. The summed E-state index contributed by atoms with van der Waals surface area (Å²) in [6, 6.07) is 8.41. The fourth-order valence-electron chi connectivity index (χ4n) is 2.64. The summed E-state index contributed by atoms with van der Waals surface area (Å²) in [6.07, 6.45) is 4.79. The van der Waals surface area contributed by atoms with Crippen molar-refractivity contribution in [1.82, 2.24) is 9.97 Å². The molecule has 1 atom stereocenters. The molecule has 21 heavy (non-hydrogen) atoms. The van der Waals surface area contributed by atoms with Gasteiger partial charge in [0, 0.05) is 6.54 Å². The van der Waals surface area contributed by atoms with Crippen molar-refractivity contribution in [3.8, 4) is 5.88 Å². The van der Waals surface area contributed by atoms with Crippen molar-refractivity contribution in [2.45, 2.75) is 32.3 Å². The van der Waals surface area contributed by atoms with Crippen LogP contribution < -0.4 is 10.1 Å². The molecule has 1 aliphatic carbocycles. The van der Waals surface area contributed by atoms with E-state index < -0.39 is 0 Å². The maximum Gasteiger partial charge on any atom is 0.238 e. The number of hydrogen-bond acceptors (Lipinski definition) is 4. The van der Waals surface area contributed by atoms with Crippen molar-refractivity contribution in [2.24, 2.45) is 0 Å². The zero-order valence-corrected chi connectivity index (χ0v) is 12.7. The Morgan fingerprint density at radius 1 is 1.38 bits per heavy atom. The molecule has 1 aromatic heterocycles. The number of anilines is 1. The fraction of sp³-hybridized carbons (Fsp3) is 0.375. The number of aromatic nitrogens is 2. The first-order valence-corrected chi connectivity index (χ1v) is 7.66. The molecular formula is C16H18ClN3O. The molecule has 4 nitrogen and oxygen atoms in total. The summed E-state index contributed by atoms with van der Waals surface area (Å²) in [4.78, 5) is 8.48. The molecule has 0 amide bonds. The Morgan fingerprint density at radius 3 is 3.10 bits per heavy atom. The lowest BCUT2D eigenvalue weighted by Crippen LogP contribution is -2.16. The highest BCUT2D eigenvalue weighted by atomic mass is 35.5. The first kappa shape index (κ1) is 14.1. The van der Waals surface area contributed by atoms with E-state index in [1.54, 1.807) is 6.20 Å². The van der Waals surface area contributed by atoms with Crippen LogP contribution in [0.25, 0.3) is 0 Å². The highest BCUT2D eigenvalue weighted by Crippen LogP contribution is 2.35. The Hall–Kier alpha value is -1.81. The smallest absolute Gasteiger partial charge is 0.238 e. The van der Waals surface area contributed by atoms with Crippen LogP contribution in [-0.2, 0) is 6.42 Å². The number of hydrogen-bond donors (Lipinski definition) is 1. The summed E-state index contributed by atoms with van der Waals surface area (Å²) >= 11 is 6.16. The van der Waals surface area contributed by atoms with Crippen molar-refractivity contribution < 1.29 is 4.74 Å². The van der Waals surface area contributed by atoms with Gasteiger partial charge in [-0.25, -0.2) is 4.98 Å². The molecule has 0 bridgehead atoms. The van der Waals surface area contributed by atoms with E-state index in [2.05, 4.69) is 33.5 Å². The maximum absolute atomic E-state index is 6.16. The van der Waals surface area contributed by atoms with Crippen LogP contribution in [0.3, 0.4) is 0 Å². The molecule has 0 fully saturated rings. The second kappa shape index (κ2) is 6.31. The van der Waals surface area contributed by atoms with Crippen molar-refractivity contribution >= 4 is 17.5 Å². The predicted molar refractivity (Wildman–Crippen MR) is 84.0 cm³/mol. The molecule has 0 spiro atoms. The summed E-state index contributed by atoms with van der Waals surface area (Å²) in [7, 11) is 0. The lowest BCUT2D eigenvalue weighted by Gasteiger charge is -2.26. The van der Waals surface area contributed by atoms with E-state index >= 15 is 0 Å². The van der Waals surface area contributed by atoms with Gasteiger partial charge in [0.05, 0.1) is 6.20 Å². The van der Waals surface area contributed by atoms with E-state index in [9.17, 15) is 0 Å². The Balaban J connectivity index is 1.86. The fourth-order valence-corrected chi connectivity index (χ4v) is 2.78. The number of nitrogens with zero attached hydrogens (tertiary/aromatic N) is 2. The number of benzene rings is 1. The van der Waals surface area contributed by atoms with Crippen LogP contribution in [-0.4, -0.2) is 16.5 Å². The van der Waals surface area contributed by atoms with Crippen molar-refractivity contribution in [3.05, 3.63) is 46.6 Å². The molecule has 110 valence electrons. The molecular weight excluding hydrogens is 286 g/mol. The van der Waals surface area contributed by atoms with Gasteiger partial charge in [-0.1, -0.05) is 35.9 Å². The number of aryl methyl sites for hydroxylation is 1. The Morgan fingerprint density at radius 2 is 2.24 bits per heavy atom. The molecule has 0 saturated carbocycles. The minimum atomic E-state index is 0.0110. The standard InChI is InChI=1S/C16H18ClN3O/c1-2-18-16-19-10-13(17)15(20-16)21-14-9-5-7-11-6-3-4-8-12(11)14/h3-4,6,8,10,14H,2,5,7,9H2,1H3,(H,18,19,20).